The maximum Gasteiger partial charge on any atom is 0.0739 e. The van der Waals surface area contributed by atoms with Gasteiger partial charge in [-0.15, -0.1) is 0 Å². The van der Waals surface area contributed by atoms with Gasteiger partial charge >= 0.3 is 0 Å². The molecule has 0 radical (unpaired) electrons. The van der Waals surface area contributed by atoms with Crippen LogP contribution in [-0.2, 0) is 0 Å². The molecule has 12 heavy (non-hydrogen) atoms. The summed E-state index contributed by atoms with van der Waals surface area (Å²) in [5, 5.41) is 0. The van der Waals surface area contributed by atoms with Crippen molar-refractivity contribution in [3.05, 3.63) is 0 Å². The molecule has 6 N–H and O–H groups in total. The van der Waals surface area contributed by atoms with Crippen LogP contribution < -0.4 is 36.3 Å². The van der Waals surface area contributed by atoms with E-state index >= 15 is 0 Å². The summed E-state index contributed by atoms with van der Waals surface area (Å²) in [6.07, 6.45) is 5.12. The quantitative estimate of drug-likeness (QED) is 0.473. The van der Waals surface area contributed by atoms with Crippen molar-refractivity contribution in [3.8, 4) is 0 Å². The Morgan fingerprint density at radius 2 is 1.00 bits per heavy atom. The molecule has 0 heterocycles. The van der Waals surface area contributed by atoms with Crippen molar-refractivity contribution in [3.63, 3.8) is 0 Å². The first kappa shape index (κ1) is 22.9. The van der Waals surface area contributed by atoms with Crippen LogP contribution in [0.3, 0.4) is 0 Å². The van der Waals surface area contributed by atoms with Crippen LogP contribution in [0.1, 0.15) is 39.5 Å². The van der Waals surface area contributed by atoms with Gasteiger partial charge in [0.05, 0.1) is 13.1 Å². The number of unbranched alkanes of at least 4 members (excludes halogenated alkanes) is 2. The van der Waals surface area contributed by atoms with Crippen LogP contribution in [0, 0.1) is 0 Å². The maximum atomic E-state index is 3.68. The molecule has 0 aromatic carbocycles. The van der Waals surface area contributed by atoms with Gasteiger partial charge in [-0.25, -0.2) is 0 Å². The van der Waals surface area contributed by atoms with Gasteiger partial charge in [0.1, 0.15) is 0 Å². The average Bonchev–Trinajstić information content (AvgIpc) is 1.93. The molecule has 80 valence electrons. The van der Waals surface area contributed by atoms with Crippen LogP contribution in [-0.4, -0.2) is 13.1 Å². The summed E-state index contributed by atoms with van der Waals surface area (Å²) in [4.78, 5) is 0. The van der Waals surface area contributed by atoms with Crippen LogP contribution in [0.15, 0.2) is 0 Å². The molecule has 0 fully saturated rings. The van der Waals surface area contributed by atoms with E-state index in [0.717, 1.165) is 13.1 Å². The van der Waals surface area contributed by atoms with Crippen molar-refractivity contribution in [2.24, 2.45) is 0 Å². The van der Waals surface area contributed by atoms with Crippen LogP contribution >= 0.6 is 0 Å². The monoisotopic (exact) mass is 218 g/mol. The summed E-state index contributed by atoms with van der Waals surface area (Å²) >= 11 is 0. The van der Waals surface area contributed by atoms with Gasteiger partial charge in [-0.1, -0.05) is 26.7 Å². The molecule has 0 aromatic heterocycles. The molecule has 0 rings (SSSR count). The minimum Gasteiger partial charge on any atom is -1.00 e. The molecule has 0 spiro atoms. The van der Waals surface area contributed by atoms with Gasteiger partial charge in [-0.2, -0.15) is 0 Å². The van der Waals surface area contributed by atoms with Crippen LogP contribution in [0.25, 0.3) is 0 Å². The van der Waals surface area contributed by atoms with Crippen molar-refractivity contribution in [2.45, 2.75) is 39.5 Å². The van der Waals surface area contributed by atoms with Crippen LogP contribution in [0.4, 0.5) is 0 Å². The SMILES string of the molecule is CCCC[NH3+].CCCC[NH3+].[Cl-].[Cl-]. The van der Waals surface area contributed by atoms with E-state index in [1.807, 2.05) is 0 Å². The molecule has 0 aromatic rings. The molecule has 0 unspecified atom stereocenters. The second-order valence-electron chi connectivity index (χ2n) is 2.41. The molecule has 4 heteroatoms. The van der Waals surface area contributed by atoms with Gasteiger partial charge in [0.25, 0.3) is 0 Å². The molecule has 0 atom stereocenters. The van der Waals surface area contributed by atoms with Crippen molar-refractivity contribution >= 4 is 0 Å². The van der Waals surface area contributed by atoms with Crippen molar-refractivity contribution in [2.75, 3.05) is 13.1 Å². The highest BCUT2D eigenvalue weighted by Gasteiger charge is 1.71. The van der Waals surface area contributed by atoms with E-state index in [9.17, 15) is 0 Å². The lowest BCUT2D eigenvalue weighted by atomic mass is 10.3. The van der Waals surface area contributed by atoms with Gasteiger partial charge < -0.3 is 36.3 Å². The highest BCUT2D eigenvalue weighted by molar-refractivity contribution is 4.22. The summed E-state index contributed by atoms with van der Waals surface area (Å²) in [6.45, 7) is 6.53. The normalized spacial score (nSPS) is 7.00. The molecule has 0 aliphatic heterocycles. The van der Waals surface area contributed by atoms with Crippen molar-refractivity contribution in [1.82, 2.24) is 0 Å². The molecule has 0 saturated carbocycles. The summed E-state index contributed by atoms with van der Waals surface area (Å²) in [5.74, 6) is 0. The summed E-state index contributed by atoms with van der Waals surface area (Å²) in [7, 11) is 0. The highest BCUT2D eigenvalue weighted by Crippen LogP contribution is 1.76. The van der Waals surface area contributed by atoms with E-state index in [1.165, 1.54) is 25.7 Å². The van der Waals surface area contributed by atoms with E-state index in [-0.39, 0.29) is 24.8 Å². The fourth-order valence-electron chi connectivity index (χ4n) is 0.500. The molecule has 0 saturated heterocycles. The van der Waals surface area contributed by atoms with E-state index in [4.69, 9.17) is 0 Å². The third-order valence-electron chi connectivity index (χ3n) is 1.21. The smallest absolute Gasteiger partial charge is 0.0739 e. The van der Waals surface area contributed by atoms with Gasteiger partial charge in [0, 0.05) is 0 Å². The van der Waals surface area contributed by atoms with Crippen molar-refractivity contribution in [1.29, 1.82) is 0 Å². The zero-order chi connectivity index (χ0) is 8.24. The molecular weight excluding hydrogens is 195 g/mol. The molecule has 0 amide bonds. The predicted octanol–water partition coefficient (Wildman–Crippen LogP) is -5.94. The third-order valence-corrected chi connectivity index (χ3v) is 1.21. The van der Waals surface area contributed by atoms with Crippen LogP contribution in [0.5, 0.6) is 0 Å². The number of hydrogen-bond donors (Lipinski definition) is 2. The largest absolute Gasteiger partial charge is 1.00 e. The second kappa shape index (κ2) is 30.0. The minimum atomic E-state index is 0. The number of quaternary nitrogens is 2. The molecule has 0 aliphatic carbocycles. The Morgan fingerprint density at radius 3 is 1.00 bits per heavy atom. The Kier molecular flexibility index (Phi) is 57.2. The Labute approximate surface area is 89.3 Å². The zero-order valence-electron chi connectivity index (χ0n) is 8.41. The Bertz CT molecular complexity index is 36.0. The fraction of sp³-hybridized carbons (Fsp3) is 1.00. The predicted molar refractivity (Wildman–Crippen MR) is 45.3 cm³/mol. The van der Waals surface area contributed by atoms with Gasteiger partial charge in [0.15, 0.2) is 0 Å². The minimum absolute atomic E-state index is 0. The van der Waals surface area contributed by atoms with E-state index < -0.39 is 0 Å². The van der Waals surface area contributed by atoms with E-state index in [0.29, 0.717) is 0 Å². The summed E-state index contributed by atoms with van der Waals surface area (Å²) in [6, 6.07) is 0. The molecular formula is C8H24Cl2N2. The standard InChI is InChI=1S/2C4H11N.2ClH/c2*1-2-3-4-5;;/h2*2-5H2,1H3;2*1H. The Morgan fingerprint density at radius 1 is 0.750 bits per heavy atom. The topological polar surface area (TPSA) is 55.3 Å². The Hall–Kier alpha value is 0.500. The lowest BCUT2D eigenvalue weighted by Gasteiger charge is -1.77. The first-order chi connectivity index (χ1) is 4.83. The maximum absolute atomic E-state index is 3.68. The van der Waals surface area contributed by atoms with Crippen molar-refractivity contribution < 1.29 is 36.3 Å². The lowest BCUT2D eigenvalue weighted by molar-refractivity contribution is -0.368. The number of rotatable bonds is 4. The molecule has 0 bridgehead atoms. The summed E-state index contributed by atoms with van der Waals surface area (Å²) in [5.41, 5.74) is 7.35. The molecule has 2 nitrogen and oxygen atoms in total. The number of hydrogen-bond acceptors (Lipinski definition) is 0. The van der Waals surface area contributed by atoms with E-state index in [1.54, 1.807) is 0 Å². The third kappa shape index (κ3) is 46.8. The van der Waals surface area contributed by atoms with Gasteiger partial charge in [-0.3, -0.25) is 0 Å². The first-order valence-electron chi connectivity index (χ1n) is 4.41. The van der Waals surface area contributed by atoms with E-state index in [2.05, 4.69) is 25.3 Å². The second-order valence-corrected chi connectivity index (χ2v) is 2.41. The first-order valence-corrected chi connectivity index (χ1v) is 4.41. The van der Waals surface area contributed by atoms with Gasteiger partial charge in [-0.05, 0) is 12.8 Å². The van der Waals surface area contributed by atoms with Crippen LogP contribution in [0.2, 0.25) is 0 Å². The zero-order valence-corrected chi connectivity index (χ0v) is 9.92. The molecule has 0 aliphatic rings. The van der Waals surface area contributed by atoms with Gasteiger partial charge in [0.2, 0.25) is 0 Å². The lowest BCUT2D eigenvalue weighted by Crippen LogP contribution is -3.00. The number of halogens is 2. The Balaban J connectivity index is -0.0000000457. The fourth-order valence-corrected chi connectivity index (χ4v) is 0.500. The highest BCUT2D eigenvalue weighted by atomic mass is 35.5. The average molecular weight is 219 g/mol. The summed E-state index contributed by atoms with van der Waals surface area (Å²) < 4.78 is 0.